The summed E-state index contributed by atoms with van der Waals surface area (Å²) >= 11 is 11.7. The number of amides is 1. The van der Waals surface area contributed by atoms with E-state index in [1.807, 2.05) is 0 Å². The second-order valence-electron chi connectivity index (χ2n) is 3.94. The van der Waals surface area contributed by atoms with Crippen LogP contribution in [0.3, 0.4) is 0 Å². The van der Waals surface area contributed by atoms with Crippen LogP contribution in [0.25, 0.3) is 0 Å². The Bertz CT molecular complexity index is 543. The molecule has 0 radical (unpaired) electrons. The molecule has 0 aromatic heterocycles. The predicted octanol–water partition coefficient (Wildman–Crippen LogP) is 1.78. The highest BCUT2D eigenvalue weighted by atomic mass is 35.5. The van der Waals surface area contributed by atoms with Crippen LogP contribution in [-0.2, 0) is 19.1 Å². The minimum absolute atomic E-state index is 0.118. The van der Waals surface area contributed by atoms with Crippen LogP contribution in [0.2, 0.25) is 10.0 Å². The number of benzene rings is 1. The van der Waals surface area contributed by atoms with Crippen LogP contribution in [0, 0.1) is 0 Å². The van der Waals surface area contributed by atoms with Gasteiger partial charge in [-0.3, -0.25) is 14.4 Å². The molecule has 0 atom stereocenters. The molecule has 0 spiro atoms. The van der Waals surface area contributed by atoms with Crippen LogP contribution in [0.4, 0.5) is 0 Å². The molecule has 1 aromatic carbocycles. The topological polar surface area (TPSA) is 72.9 Å². The van der Waals surface area contributed by atoms with Crippen molar-refractivity contribution in [2.75, 3.05) is 27.3 Å². The standard InChI is InChI=1S/C13H13Cl2NO5/c1-20-11(17)6-16(7-12(18)21-2)13(19)9-4-3-8(14)5-10(9)15/h3-5H,6-7H2,1-2H3. The highest BCUT2D eigenvalue weighted by Crippen LogP contribution is 2.22. The van der Waals surface area contributed by atoms with Crippen molar-refractivity contribution in [1.29, 1.82) is 0 Å². The molecule has 0 aliphatic rings. The lowest BCUT2D eigenvalue weighted by molar-refractivity contribution is -0.144. The molecule has 6 nitrogen and oxygen atoms in total. The summed E-state index contributed by atoms with van der Waals surface area (Å²) in [6, 6.07) is 4.29. The average Bonchev–Trinajstić information content (AvgIpc) is 2.45. The van der Waals surface area contributed by atoms with Crippen LogP contribution in [0.1, 0.15) is 10.4 Å². The van der Waals surface area contributed by atoms with E-state index in [1.165, 1.54) is 32.4 Å². The van der Waals surface area contributed by atoms with E-state index in [9.17, 15) is 14.4 Å². The second-order valence-corrected chi connectivity index (χ2v) is 4.78. The lowest BCUT2D eigenvalue weighted by Crippen LogP contribution is -2.40. The summed E-state index contributed by atoms with van der Waals surface area (Å²) in [6.07, 6.45) is 0. The fourth-order valence-electron chi connectivity index (χ4n) is 1.47. The van der Waals surface area contributed by atoms with E-state index in [0.717, 1.165) is 4.90 Å². The van der Waals surface area contributed by atoms with Crippen molar-refractivity contribution in [2.24, 2.45) is 0 Å². The molecule has 0 fully saturated rings. The third-order valence-electron chi connectivity index (χ3n) is 2.54. The van der Waals surface area contributed by atoms with Crippen LogP contribution < -0.4 is 0 Å². The van der Waals surface area contributed by atoms with Gasteiger partial charge in [-0.1, -0.05) is 23.2 Å². The first-order valence-corrected chi connectivity index (χ1v) is 6.52. The van der Waals surface area contributed by atoms with E-state index in [1.54, 1.807) is 0 Å². The Hall–Kier alpha value is -1.79. The molecule has 0 aliphatic carbocycles. The maximum absolute atomic E-state index is 12.4. The molecule has 8 heteroatoms. The van der Waals surface area contributed by atoms with E-state index in [-0.39, 0.29) is 10.6 Å². The number of esters is 2. The summed E-state index contributed by atoms with van der Waals surface area (Å²) in [7, 11) is 2.36. The Morgan fingerprint density at radius 1 is 1.05 bits per heavy atom. The molecule has 0 N–H and O–H groups in total. The highest BCUT2D eigenvalue weighted by Gasteiger charge is 2.24. The zero-order valence-electron chi connectivity index (χ0n) is 11.4. The van der Waals surface area contributed by atoms with Crippen molar-refractivity contribution in [3.05, 3.63) is 33.8 Å². The number of carbonyl (C=O) groups is 3. The summed E-state index contributed by atoms with van der Waals surface area (Å²) in [4.78, 5) is 36.0. The van der Waals surface area contributed by atoms with Crippen molar-refractivity contribution in [2.45, 2.75) is 0 Å². The normalized spacial score (nSPS) is 9.90. The van der Waals surface area contributed by atoms with Crippen LogP contribution >= 0.6 is 23.2 Å². The van der Waals surface area contributed by atoms with Gasteiger partial charge in [0.25, 0.3) is 5.91 Å². The first-order valence-electron chi connectivity index (χ1n) is 5.77. The maximum Gasteiger partial charge on any atom is 0.325 e. The molecule has 0 heterocycles. The summed E-state index contributed by atoms with van der Waals surface area (Å²) < 4.78 is 8.98. The largest absolute Gasteiger partial charge is 0.468 e. The van der Waals surface area contributed by atoms with Crippen LogP contribution in [-0.4, -0.2) is 50.1 Å². The predicted molar refractivity (Wildman–Crippen MR) is 76.4 cm³/mol. The molecule has 1 amide bonds. The highest BCUT2D eigenvalue weighted by molar-refractivity contribution is 6.36. The SMILES string of the molecule is COC(=O)CN(CC(=O)OC)C(=O)c1ccc(Cl)cc1Cl. The molecule has 0 bridgehead atoms. The van der Waals surface area contributed by atoms with E-state index < -0.39 is 30.9 Å². The molecule has 0 aliphatic heterocycles. The van der Waals surface area contributed by atoms with Crippen molar-refractivity contribution >= 4 is 41.0 Å². The maximum atomic E-state index is 12.4. The summed E-state index contributed by atoms with van der Waals surface area (Å²) in [6.45, 7) is -0.799. The third kappa shape index (κ3) is 4.91. The number of halogens is 2. The summed E-state index contributed by atoms with van der Waals surface area (Å²) in [5, 5.41) is 0.483. The third-order valence-corrected chi connectivity index (χ3v) is 3.09. The van der Waals surface area contributed by atoms with Crippen molar-refractivity contribution < 1.29 is 23.9 Å². The van der Waals surface area contributed by atoms with Crippen molar-refractivity contribution in [3.8, 4) is 0 Å². The van der Waals surface area contributed by atoms with Gasteiger partial charge in [0.1, 0.15) is 13.1 Å². The fourth-order valence-corrected chi connectivity index (χ4v) is 1.96. The van der Waals surface area contributed by atoms with Gasteiger partial charge in [-0.25, -0.2) is 0 Å². The molecular weight excluding hydrogens is 321 g/mol. The Labute approximate surface area is 131 Å². The van der Waals surface area contributed by atoms with Gasteiger partial charge in [0, 0.05) is 5.02 Å². The number of ether oxygens (including phenoxy) is 2. The molecule has 1 rings (SSSR count). The Kier molecular flexibility index (Phi) is 6.45. The van der Waals surface area contributed by atoms with E-state index in [2.05, 4.69) is 9.47 Å². The second kappa shape index (κ2) is 7.85. The quantitative estimate of drug-likeness (QED) is 0.768. The number of hydrogen-bond donors (Lipinski definition) is 0. The van der Waals surface area contributed by atoms with Crippen molar-refractivity contribution in [3.63, 3.8) is 0 Å². The fraction of sp³-hybridized carbons (Fsp3) is 0.308. The number of nitrogens with zero attached hydrogens (tertiary/aromatic N) is 1. The first-order chi connectivity index (χ1) is 9.88. The first kappa shape index (κ1) is 17.3. The van der Waals surface area contributed by atoms with E-state index >= 15 is 0 Å². The number of hydrogen-bond acceptors (Lipinski definition) is 5. The van der Waals surface area contributed by atoms with Crippen LogP contribution in [0.15, 0.2) is 18.2 Å². The molecular formula is C13H13Cl2NO5. The van der Waals surface area contributed by atoms with Gasteiger partial charge in [-0.05, 0) is 18.2 Å². The Morgan fingerprint density at radius 3 is 2.00 bits per heavy atom. The van der Waals surface area contributed by atoms with Gasteiger partial charge in [0.2, 0.25) is 0 Å². The molecule has 0 unspecified atom stereocenters. The smallest absolute Gasteiger partial charge is 0.325 e. The van der Waals surface area contributed by atoms with Crippen LogP contribution in [0.5, 0.6) is 0 Å². The molecule has 0 saturated heterocycles. The summed E-state index contributed by atoms with van der Waals surface area (Å²) in [5.41, 5.74) is 0.119. The van der Waals surface area contributed by atoms with Gasteiger partial charge in [-0.2, -0.15) is 0 Å². The number of methoxy groups -OCH3 is 2. The average molecular weight is 334 g/mol. The molecule has 1 aromatic rings. The zero-order valence-corrected chi connectivity index (χ0v) is 12.9. The van der Waals surface area contributed by atoms with Gasteiger partial charge < -0.3 is 14.4 Å². The molecule has 0 saturated carbocycles. The Morgan fingerprint density at radius 2 is 1.57 bits per heavy atom. The lowest BCUT2D eigenvalue weighted by Gasteiger charge is -2.20. The zero-order chi connectivity index (χ0) is 16.0. The summed E-state index contributed by atoms with van der Waals surface area (Å²) in [5.74, 6) is -1.94. The monoisotopic (exact) mass is 333 g/mol. The van der Waals surface area contributed by atoms with Gasteiger partial charge in [0.05, 0.1) is 24.8 Å². The van der Waals surface area contributed by atoms with Gasteiger partial charge in [-0.15, -0.1) is 0 Å². The minimum atomic E-state index is -0.669. The van der Waals surface area contributed by atoms with E-state index in [0.29, 0.717) is 5.02 Å². The molecule has 114 valence electrons. The number of rotatable bonds is 5. The molecule has 21 heavy (non-hydrogen) atoms. The van der Waals surface area contributed by atoms with Crippen molar-refractivity contribution in [1.82, 2.24) is 4.90 Å². The number of carbonyl (C=O) groups excluding carboxylic acids is 3. The van der Waals surface area contributed by atoms with Gasteiger partial charge in [0.15, 0.2) is 0 Å². The minimum Gasteiger partial charge on any atom is -0.468 e. The lowest BCUT2D eigenvalue weighted by atomic mass is 10.2. The van der Waals surface area contributed by atoms with E-state index in [4.69, 9.17) is 23.2 Å². The van der Waals surface area contributed by atoms with Gasteiger partial charge >= 0.3 is 11.9 Å². The Balaban J connectivity index is 3.02.